The Kier molecular flexibility index (Phi) is 3.25. The van der Waals surface area contributed by atoms with Gasteiger partial charge in [0.1, 0.15) is 5.39 Å². The van der Waals surface area contributed by atoms with Gasteiger partial charge >= 0.3 is 0 Å². The molecule has 1 aliphatic heterocycles. The molecular weight excluding hydrogens is 292 g/mol. The fourth-order valence-electron chi connectivity index (χ4n) is 3.01. The van der Waals surface area contributed by atoms with E-state index in [1.165, 1.54) is 0 Å². The molecule has 1 saturated heterocycles. The maximum atomic E-state index is 12.2. The van der Waals surface area contributed by atoms with Crippen LogP contribution in [0.5, 0.6) is 0 Å². The highest BCUT2D eigenvalue weighted by Gasteiger charge is 2.24. The number of rotatable bonds is 3. The first-order valence-electron chi connectivity index (χ1n) is 7.69. The minimum Gasteiger partial charge on any atom is -0.380 e. The van der Waals surface area contributed by atoms with E-state index in [1.54, 1.807) is 17.9 Å². The summed E-state index contributed by atoms with van der Waals surface area (Å²) in [6.07, 6.45) is 2.55. The Hall–Kier alpha value is -2.83. The second-order valence-electron chi connectivity index (χ2n) is 5.84. The molecule has 3 heterocycles. The number of para-hydroxylation sites is 1. The molecule has 0 bridgehead atoms. The van der Waals surface area contributed by atoms with Crippen LogP contribution in [0.4, 0.5) is 11.6 Å². The maximum absolute atomic E-state index is 12.2. The lowest BCUT2D eigenvalue weighted by atomic mass is 10.2. The number of aromatic nitrogens is 4. The molecule has 4 rings (SSSR count). The Bertz CT molecular complexity index is 884. The zero-order valence-corrected chi connectivity index (χ0v) is 12.9. The van der Waals surface area contributed by atoms with Crippen molar-refractivity contribution in [2.24, 2.45) is 7.05 Å². The number of hydrogen-bond acceptors (Lipinski definition) is 5. The van der Waals surface area contributed by atoms with Crippen LogP contribution in [0.15, 0.2) is 41.3 Å². The molecule has 1 aromatic carbocycles. The van der Waals surface area contributed by atoms with Crippen molar-refractivity contribution in [1.29, 1.82) is 0 Å². The number of hydrogen-bond donors (Lipinski definition) is 2. The predicted molar refractivity (Wildman–Crippen MR) is 89.8 cm³/mol. The van der Waals surface area contributed by atoms with Crippen molar-refractivity contribution in [3.8, 4) is 0 Å². The molecule has 0 unspecified atom stereocenters. The van der Waals surface area contributed by atoms with Crippen molar-refractivity contribution in [2.45, 2.75) is 12.5 Å². The van der Waals surface area contributed by atoms with Crippen molar-refractivity contribution < 1.29 is 0 Å². The van der Waals surface area contributed by atoms with Crippen LogP contribution in [0, 0.1) is 0 Å². The van der Waals surface area contributed by atoms with Gasteiger partial charge in [-0.3, -0.25) is 14.5 Å². The largest absolute Gasteiger partial charge is 0.380 e. The molecule has 7 heteroatoms. The highest BCUT2D eigenvalue weighted by Crippen LogP contribution is 2.20. The average molecular weight is 310 g/mol. The first-order valence-corrected chi connectivity index (χ1v) is 7.69. The number of H-pyrrole nitrogens is 1. The zero-order valence-electron chi connectivity index (χ0n) is 12.9. The fraction of sp³-hybridized carbons (Fsp3) is 0.312. The van der Waals surface area contributed by atoms with Gasteiger partial charge in [0, 0.05) is 31.9 Å². The maximum Gasteiger partial charge on any atom is 0.263 e. The predicted octanol–water partition coefficient (Wildman–Crippen LogP) is 1.35. The Morgan fingerprint density at radius 3 is 2.96 bits per heavy atom. The SMILES string of the molecule is Cn1ncc2c(=O)[nH]c(N3CC[C@@H](Nc4ccccc4)C3)nc21. The third-order valence-electron chi connectivity index (χ3n) is 4.22. The van der Waals surface area contributed by atoms with Crippen LogP contribution >= 0.6 is 0 Å². The van der Waals surface area contributed by atoms with Gasteiger partial charge in [-0.05, 0) is 18.6 Å². The van der Waals surface area contributed by atoms with Gasteiger partial charge in [0.05, 0.1) is 6.20 Å². The first kappa shape index (κ1) is 13.8. The number of aromatic amines is 1. The number of fused-ring (bicyclic) bond motifs is 1. The van der Waals surface area contributed by atoms with Crippen molar-refractivity contribution in [2.75, 3.05) is 23.3 Å². The standard InChI is InChI=1S/C16H18N6O/c1-21-14-13(9-17-21)15(23)20-16(19-14)22-8-7-12(10-22)18-11-5-3-2-4-6-11/h2-6,9,12,18H,7-8,10H2,1H3,(H,19,20,23)/t12-/m1/s1. The van der Waals surface area contributed by atoms with E-state index in [-0.39, 0.29) is 5.56 Å². The van der Waals surface area contributed by atoms with Crippen LogP contribution in [-0.4, -0.2) is 38.9 Å². The number of benzene rings is 1. The van der Waals surface area contributed by atoms with Crippen molar-refractivity contribution >= 4 is 22.7 Å². The second-order valence-corrected chi connectivity index (χ2v) is 5.84. The van der Waals surface area contributed by atoms with E-state index < -0.39 is 0 Å². The van der Waals surface area contributed by atoms with Gasteiger partial charge in [-0.15, -0.1) is 0 Å². The lowest BCUT2D eigenvalue weighted by Crippen LogP contribution is -2.28. The van der Waals surface area contributed by atoms with Crippen LogP contribution in [0.3, 0.4) is 0 Å². The van der Waals surface area contributed by atoms with E-state index in [0.29, 0.717) is 23.0 Å². The summed E-state index contributed by atoms with van der Waals surface area (Å²) in [6.45, 7) is 1.66. The van der Waals surface area contributed by atoms with Crippen LogP contribution in [0.2, 0.25) is 0 Å². The van der Waals surface area contributed by atoms with E-state index >= 15 is 0 Å². The Balaban J connectivity index is 1.55. The van der Waals surface area contributed by atoms with Gasteiger partial charge < -0.3 is 10.2 Å². The number of anilines is 2. The van der Waals surface area contributed by atoms with Crippen molar-refractivity contribution in [1.82, 2.24) is 19.7 Å². The number of nitrogens with zero attached hydrogens (tertiary/aromatic N) is 4. The van der Waals surface area contributed by atoms with E-state index in [1.807, 2.05) is 18.2 Å². The molecule has 0 saturated carbocycles. The molecule has 1 atom stereocenters. The third kappa shape index (κ3) is 2.54. The minimum atomic E-state index is -0.141. The molecule has 1 fully saturated rings. The summed E-state index contributed by atoms with van der Waals surface area (Å²) in [6, 6.07) is 10.5. The highest BCUT2D eigenvalue weighted by atomic mass is 16.1. The summed E-state index contributed by atoms with van der Waals surface area (Å²) in [4.78, 5) is 21.7. The number of aryl methyl sites for hydroxylation is 1. The first-order chi connectivity index (χ1) is 11.2. The minimum absolute atomic E-state index is 0.141. The molecule has 1 aliphatic rings. The van der Waals surface area contributed by atoms with Crippen molar-refractivity contribution in [3.63, 3.8) is 0 Å². The van der Waals surface area contributed by atoms with Gasteiger partial charge in [-0.2, -0.15) is 10.1 Å². The molecule has 23 heavy (non-hydrogen) atoms. The van der Waals surface area contributed by atoms with E-state index in [9.17, 15) is 4.79 Å². The summed E-state index contributed by atoms with van der Waals surface area (Å²) in [5.41, 5.74) is 1.59. The molecule has 0 radical (unpaired) electrons. The molecular formula is C16H18N6O. The summed E-state index contributed by atoms with van der Waals surface area (Å²) in [5, 5.41) is 8.14. The van der Waals surface area contributed by atoms with Gasteiger partial charge in [0.25, 0.3) is 5.56 Å². The van der Waals surface area contributed by atoms with Gasteiger partial charge in [0.15, 0.2) is 5.65 Å². The fourth-order valence-corrected chi connectivity index (χ4v) is 3.01. The molecule has 0 spiro atoms. The van der Waals surface area contributed by atoms with E-state index in [4.69, 9.17) is 0 Å². The Morgan fingerprint density at radius 2 is 2.13 bits per heavy atom. The normalized spacial score (nSPS) is 17.8. The van der Waals surface area contributed by atoms with Gasteiger partial charge in [0.2, 0.25) is 5.95 Å². The topological polar surface area (TPSA) is 78.8 Å². The molecule has 0 aliphatic carbocycles. The highest BCUT2D eigenvalue weighted by molar-refractivity contribution is 5.74. The lowest BCUT2D eigenvalue weighted by Gasteiger charge is -2.18. The van der Waals surface area contributed by atoms with Crippen LogP contribution < -0.4 is 15.8 Å². The molecule has 7 nitrogen and oxygen atoms in total. The van der Waals surface area contributed by atoms with E-state index in [2.05, 4.69) is 37.4 Å². The summed E-state index contributed by atoms with van der Waals surface area (Å²) in [7, 11) is 1.79. The summed E-state index contributed by atoms with van der Waals surface area (Å²) >= 11 is 0. The monoisotopic (exact) mass is 310 g/mol. The summed E-state index contributed by atoms with van der Waals surface area (Å²) < 4.78 is 1.63. The molecule has 3 aromatic rings. The van der Waals surface area contributed by atoms with Crippen LogP contribution in [0.1, 0.15) is 6.42 Å². The molecule has 0 amide bonds. The number of nitrogens with one attached hydrogen (secondary N) is 2. The zero-order chi connectivity index (χ0) is 15.8. The molecule has 2 N–H and O–H groups in total. The Labute approximate surface area is 133 Å². The molecule has 2 aromatic heterocycles. The van der Waals surface area contributed by atoms with Gasteiger partial charge in [-0.25, -0.2) is 0 Å². The third-order valence-corrected chi connectivity index (χ3v) is 4.22. The lowest BCUT2D eigenvalue weighted by molar-refractivity contribution is 0.779. The van der Waals surface area contributed by atoms with Gasteiger partial charge in [-0.1, -0.05) is 18.2 Å². The van der Waals surface area contributed by atoms with Crippen molar-refractivity contribution in [3.05, 3.63) is 46.9 Å². The average Bonchev–Trinajstić information content (AvgIpc) is 3.16. The second kappa shape index (κ2) is 5.42. The summed E-state index contributed by atoms with van der Waals surface area (Å²) in [5.74, 6) is 0.614. The Morgan fingerprint density at radius 1 is 1.30 bits per heavy atom. The quantitative estimate of drug-likeness (QED) is 0.763. The van der Waals surface area contributed by atoms with E-state index in [0.717, 1.165) is 25.2 Å². The molecule has 118 valence electrons. The smallest absolute Gasteiger partial charge is 0.263 e. The van der Waals surface area contributed by atoms with Crippen LogP contribution in [-0.2, 0) is 7.05 Å². The van der Waals surface area contributed by atoms with Crippen LogP contribution in [0.25, 0.3) is 11.0 Å².